The largest absolute Gasteiger partial charge is 0.417 e. The van der Waals surface area contributed by atoms with E-state index in [1.165, 1.54) is 17.4 Å². The minimum Gasteiger partial charge on any atom is -0.355 e. The van der Waals surface area contributed by atoms with E-state index in [1.807, 2.05) is 11.8 Å². The Hall–Kier alpha value is -2.16. The molecule has 1 aliphatic heterocycles. The molecule has 1 fully saturated rings. The van der Waals surface area contributed by atoms with E-state index in [0.717, 1.165) is 30.1 Å². The topological polar surface area (TPSA) is 49.3 Å². The summed E-state index contributed by atoms with van der Waals surface area (Å²) in [6.07, 6.45) is -0.391. The number of amides is 1. The molecule has 3 rings (SSSR count). The van der Waals surface area contributed by atoms with Crippen molar-refractivity contribution >= 4 is 23.1 Å². The Balaban J connectivity index is 1.65. The van der Waals surface area contributed by atoms with Crippen molar-refractivity contribution in [3.8, 4) is 0 Å². The van der Waals surface area contributed by atoms with Crippen LogP contribution in [0.25, 0.3) is 0 Å². The number of carbonyl (C=O) groups is 1. The van der Waals surface area contributed by atoms with Crippen LogP contribution in [0.1, 0.15) is 33.6 Å². The van der Waals surface area contributed by atoms with Gasteiger partial charge in [0.2, 0.25) is 0 Å². The molecule has 0 N–H and O–H groups in total. The Bertz CT molecular complexity index is 760. The maximum atomic E-state index is 12.7. The zero-order valence-electron chi connectivity index (χ0n) is 14.3. The third-order valence-electron chi connectivity index (χ3n) is 4.25. The Morgan fingerprint density at radius 3 is 2.58 bits per heavy atom. The molecule has 0 spiro atoms. The molecule has 0 bridgehead atoms. The van der Waals surface area contributed by atoms with Gasteiger partial charge in [0.05, 0.1) is 16.8 Å². The molecule has 0 aliphatic carbocycles. The van der Waals surface area contributed by atoms with Crippen molar-refractivity contribution in [1.29, 1.82) is 0 Å². The van der Waals surface area contributed by atoms with Crippen molar-refractivity contribution in [2.45, 2.75) is 25.9 Å². The second kappa shape index (κ2) is 7.61. The van der Waals surface area contributed by atoms with Gasteiger partial charge >= 0.3 is 6.18 Å². The third-order valence-corrected chi connectivity index (χ3v) is 5.38. The van der Waals surface area contributed by atoms with Crippen molar-refractivity contribution in [3.05, 3.63) is 40.0 Å². The van der Waals surface area contributed by atoms with Gasteiger partial charge in [-0.25, -0.2) is 9.97 Å². The van der Waals surface area contributed by atoms with Crippen LogP contribution in [0.15, 0.2) is 24.5 Å². The molecule has 0 saturated carbocycles. The van der Waals surface area contributed by atoms with Crippen LogP contribution < -0.4 is 4.90 Å². The van der Waals surface area contributed by atoms with Gasteiger partial charge in [-0.3, -0.25) is 4.79 Å². The summed E-state index contributed by atoms with van der Waals surface area (Å²) in [6.45, 7) is 4.28. The van der Waals surface area contributed by atoms with E-state index in [9.17, 15) is 18.0 Å². The van der Waals surface area contributed by atoms with Crippen molar-refractivity contribution in [1.82, 2.24) is 14.9 Å². The molecule has 1 amide bonds. The lowest BCUT2D eigenvalue weighted by Crippen LogP contribution is -2.35. The quantitative estimate of drug-likeness (QED) is 0.813. The highest BCUT2D eigenvalue weighted by Crippen LogP contribution is 2.29. The van der Waals surface area contributed by atoms with Gasteiger partial charge in [-0.1, -0.05) is 6.92 Å². The lowest BCUT2D eigenvalue weighted by molar-refractivity contribution is -0.137. The number of rotatable bonds is 3. The van der Waals surface area contributed by atoms with E-state index < -0.39 is 11.7 Å². The Morgan fingerprint density at radius 2 is 1.96 bits per heavy atom. The summed E-state index contributed by atoms with van der Waals surface area (Å²) in [5.74, 6) is 0.461. The van der Waals surface area contributed by atoms with E-state index >= 15 is 0 Å². The molecule has 2 aromatic heterocycles. The average molecular weight is 384 g/mol. The van der Waals surface area contributed by atoms with E-state index in [0.29, 0.717) is 36.9 Å². The molecule has 1 saturated heterocycles. The standard InChI is InChI=1S/C17H19F3N4OS/c1-2-15-22-11-13(26-15)16(25)24-7-3-6-23(8-9-24)14-5-4-12(10-21-14)17(18,19)20/h4-5,10-11H,2-3,6-9H2,1H3. The molecular weight excluding hydrogens is 365 g/mol. The average Bonchev–Trinajstić information content (AvgIpc) is 2.97. The summed E-state index contributed by atoms with van der Waals surface area (Å²) >= 11 is 1.41. The summed E-state index contributed by atoms with van der Waals surface area (Å²) in [5.41, 5.74) is -0.759. The van der Waals surface area contributed by atoms with Gasteiger partial charge in [0.15, 0.2) is 0 Å². The smallest absolute Gasteiger partial charge is 0.355 e. The van der Waals surface area contributed by atoms with Gasteiger partial charge in [-0.05, 0) is 25.0 Å². The number of anilines is 1. The van der Waals surface area contributed by atoms with Gasteiger partial charge in [-0.15, -0.1) is 11.3 Å². The van der Waals surface area contributed by atoms with Crippen LogP contribution in [0.3, 0.4) is 0 Å². The van der Waals surface area contributed by atoms with E-state index in [2.05, 4.69) is 9.97 Å². The van der Waals surface area contributed by atoms with Gasteiger partial charge < -0.3 is 9.80 Å². The number of alkyl halides is 3. The molecule has 9 heteroatoms. The summed E-state index contributed by atoms with van der Waals surface area (Å²) in [7, 11) is 0. The Kier molecular flexibility index (Phi) is 5.45. The lowest BCUT2D eigenvalue weighted by Gasteiger charge is -2.22. The van der Waals surface area contributed by atoms with E-state index in [-0.39, 0.29) is 5.91 Å². The first-order chi connectivity index (χ1) is 12.4. The van der Waals surface area contributed by atoms with Crippen LogP contribution in [0.4, 0.5) is 19.0 Å². The van der Waals surface area contributed by atoms with E-state index in [4.69, 9.17) is 0 Å². The van der Waals surface area contributed by atoms with Crippen molar-refractivity contribution < 1.29 is 18.0 Å². The summed E-state index contributed by atoms with van der Waals surface area (Å²) in [6, 6.07) is 2.43. The summed E-state index contributed by atoms with van der Waals surface area (Å²) < 4.78 is 38.0. The number of hydrogen-bond acceptors (Lipinski definition) is 5. The van der Waals surface area contributed by atoms with Crippen LogP contribution in [-0.4, -0.2) is 47.0 Å². The van der Waals surface area contributed by atoms with Crippen molar-refractivity contribution in [2.24, 2.45) is 0 Å². The maximum Gasteiger partial charge on any atom is 0.417 e. The van der Waals surface area contributed by atoms with Gasteiger partial charge in [-0.2, -0.15) is 13.2 Å². The molecule has 26 heavy (non-hydrogen) atoms. The fraction of sp³-hybridized carbons (Fsp3) is 0.471. The van der Waals surface area contributed by atoms with Crippen LogP contribution in [-0.2, 0) is 12.6 Å². The minimum atomic E-state index is -4.39. The van der Waals surface area contributed by atoms with Crippen LogP contribution in [0, 0.1) is 0 Å². The highest BCUT2D eigenvalue weighted by Gasteiger charge is 2.31. The second-order valence-corrected chi connectivity index (χ2v) is 7.12. The molecule has 5 nitrogen and oxygen atoms in total. The molecule has 3 heterocycles. The molecule has 1 aliphatic rings. The number of hydrogen-bond donors (Lipinski definition) is 0. The molecule has 140 valence electrons. The highest BCUT2D eigenvalue weighted by atomic mass is 32.1. The van der Waals surface area contributed by atoms with Crippen molar-refractivity contribution in [3.63, 3.8) is 0 Å². The fourth-order valence-electron chi connectivity index (χ4n) is 2.82. The third kappa shape index (κ3) is 4.14. The molecular formula is C17H19F3N4OS. The van der Waals surface area contributed by atoms with Crippen LogP contribution >= 0.6 is 11.3 Å². The fourth-order valence-corrected chi connectivity index (χ4v) is 3.64. The highest BCUT2D eigenvalue weighted by molar-refractivity contribution is 7.13. The van der Waals surface area contributed by atoms with Gasteiger partial charge in [0.25, 0.3) is 5.91 Å². The number of halogens is 3. The lowest BCUT2D eigenvalue weighted by atomic mass is 10.2. The summed E-state index contributed by atoms with van der Waals surface area (Å²) in [4.78, 5) is 25.1. The Labute approximate surface area is 153 Å². The number of pyridine rings is 1. The first-order valence-electron chi connectivity index (χ1n) is 8.40. The first kappa shape index (κ1) is 18.6. The predicted octanol–water partition coefficient (Wildman–Crippen LogP) is 3.47. The number of nitrogens with zero attached hydrogens (tertiary/aromatic N) is 4. The normalized spacial score (nSPS) is 15.8. The molecule has 0 unspecified atom stereocenters. The molecule has 2 aromatic rings. The van der Waals surface area contributed by atoms with Gasteiger partial charge in [0, 0.05) is 32.4 Å². The van der Waals surface area contributed by atoms with Gasteiger partial charge in [0.1, 0.15) is 10.7 Å². The Morgan fingerprint density at radius 1 is 1.15 bits per heavy atom. The molecule has 0 atom stereocenters. The van der Waals surface area contributed by atoms with Crippen LogP contribution in [0.2, 0.25) is 0 Å². The maximum absolute atomic E-state index is 12.7. The SMILES string of the molecule is CCc1ncc(C(=O)N2CCCN(c3ccc(C(F)(F)F)cn3)CC2)s1. The zero-order valence-corrected chi connectivity index (χ0v) is 15.1. The van der Waals surface area contributed by atoms with Crippen LogP contribution in [0.5, 0.6) is 0 Å². The summed E-state index contributed by atoms with van der Waals surface area (Å²) in [5, 5.41) is 0.929. The number of aromatic nitrogens is 2. The number of aryl methyl sites for hydroxylation is 1. The number of carbonyl (C=O) groups excluding carboxylic acids is 1. The monoisotopic (exact) mass is 384 g/mol. The van der Waals surface area contributed by atoms with Crippen molar-refractivity contribution in [2.75, 3.05) is 31.1 Å². The van der Waals surface area contributed by atoms with E-state index in [1.54, 1.807) is 11.1 Å². The minimum absolute atomic E-state index is 0.0376. The predicted molar refractivity (Wildman–Crippen MR) is 93.5 cm³/mol. The second-order valence-electron chi connectivity index (χ2n) is 6.01. The first-order valence-corrected chi connectivity index (χ1v) is 9.22. The molecule has 0 aromatic carbocycles. The molecule has 0 radical (unpaired) electrons. The zero-order chi connectivity index (χ0) is 18.7. The number of thiazole rings is 1.